The van der Waals surface area contributed by atoms with Gasteiger partial charge in [0.2, 0.25) is 5.91 Å². The van der Waals surface area contributed by atoms with Crippen LogP contribution in [-0.4, -0.2) is 51.0 Å². The summed E-state index contributed by atoms with van der Waals surface area (Å²) in [6, 6.07) is 10.1. The monoisotopic (exact) mass is 373 g/mol. The van der Waals surface area contributed by atoms with Crippen LogP contribution in [-0.2, 0) is 11.3 Å². The summed E-state index contributed by atoms with van der Waals surface area (Å²) in [4.78, 5) is 14.4. The van der Waals surface area contributed by atoms with Crippen molar-refractivity contribution >= 4 is 17.7 Å². The zero-order valence-corrected chi connectivity index (χ0v) is 16.2. The number of nitrogens with zero attached hydrogens (tertiary/aromatic N) is 4. The number of benzene rings is 1. The number of unbranched alkanes of at least 4 members (excludes halogenated alkanes) is 1. The Kier molecular flexibility index (Phi) is 7.08. The summed E-state index contributed by atoms with van der Waals surface area (Å²) in [5, 5.41) is 12.5. The number of para-hydroxylation sites is 1. The Labute approximate surface area is 159 Å². The zero-order valence-electron chi connectivity index (χ0n) is 15.4. The van der Waals surface area contributed by atoms with Crippen molar-refractivity contribution in [3.63, 3.8) is 0 Å². The van der Waals surface area contributed by atoms with Gasteiger partial charge in [0.15, 0.2) is 11.0 Å². The van der Waals surface area contributed by atoms with Crippen molar-refractivity contribution in [2.45, 2.75) is 44.3 Å². The van der Waals surface area contributed by atoms with Gasteiger partial charge in [0, 0.05) is 12.2 Å². The molecule has 1 aliphatic heterocycles. The molecule has 0 atom stereocenters. The fraction of sp³-hybridized carbons (Fsp3) is 0.526. The maximum Gasteiger partial charge on any atom is 0.230 e. The van der Waals surface area contributed by atoms with E-state index < -0.39 is 0 Å². The van der Waals surface area contributed by atoms with E-state index in [2.05, 4.69) is 44.0 Å². The number of rotatable bonds is 9. The van der Waals surface area contributed by atoms with E-state index in [-0.39, 0.29) is 5.91 Å². The molecule has 0 aliphatic carbocycles. The van der Waals surface area contributed by atoms with E-state index in [1.165, 1.54) is 24.6 Å². The maximum absolute atomic E-state index is 12.0. The summed E-state index contributed by atoms with van der Waals surface area (Å²) < 4.78 is 2.09. The summed E-state index contributed by atoms with van der Waals surface area (Å²) in [6.45, 7) is 5.88. The molecule has 0 radical (unpaired) electrons. The number of nitrogens with one attached hydrogen (secondary N) is 1. The van der Waals surface area contributed by atoms with E-state index in [4.69, 9.17) is 0 Å². The topological polar surface area (TPSA) is 63.1 Å². The number of thioether (sulfide) groups is 1. The highest BCUT2D eigenvalue weighted by atomic mass is 32.2. The first-order valence-electron chi connectivity index (χ1n) is 9.39. The Morgan fingerprint density at radius 1 is 1.19 bits per heavy atom. The number of carbonyl (C=O) groups is 1. The maximum atomic E-state index is 12.0. The molecule has 1 aliphatic rings. The molecule has 0 spiro atoms. The third kappa shape index (κ3) is 5.08. The van der Waals surface area contributed by atoms with Gasteiger partial charge in [0.05, 0.1) is 12.3 Å². The van der Waals surface area contributed by atoms with Crippen LogP contribution in [0.2, 0.25) is 0 Å². The van der Waals surface area contributed by atoms with Crippen LogP contribution in [0.4, 0.5) is 0 Å². The number of amides is 1. The van der Waals surface area contributed by atoms with Crippen molar-refractivity contribution in [3.05, 3.63) is 36.2 Å². The lowest BCUT2D eigenvalue weighted by Crippen LogP contribution is -2.26. The lowest BCUT2D eigenvalue weighted by Gasteiger charge is -2.15. The highest BCUT2D eigenvalue weighted by molar-refractivity contribution is 7.99. The van der Waals surface area contributed by atoms with Gasteiger partial charge < -0.3 is 5.32 Å². The second-order valence-electron chi connectivity index (χ2n) is 6.55. The second-order valence-corrected chi connectivity index (χ2v) is 7.49. The Hall–Kier alpha value is -1.86. The van der Waals surface area contributed by atoms with Crippen molar-refractivity contribution in [2.24, 2.45) is 0 Å². The average Bonchev–Trinajstić information content (AvgIpc) is 3.31. The van der Waals surface area contributed by atoms with Crippen molar-refractivity contribution < 1.29 is 4.79 Å². The summed E-state index contributed by atoms with van der Waals surface area (Å²) in [6.07, 6.45) is 4.59. The standard InChI is InChI=1S/C19H27N5OS/c1-2-3-11-20-18(25)15-26-19-22-21-17(14-23-12-7-8-13-23)24(19)16-9-5-4-6-10-16/h4-6,9-10H,2-3,7-8,11-15H2,1H3,(H,20,25). The molecule has 140 valence electrons. The molecular weight excluding hydrogens is 346 g/mol. The fourth-order valence-corrected chi connectivity index (χ4v) is 3.86. The Morgan fingerprint density at radius 3 is 2.69 bits per heavy atom. The smallest absolute Gasteiger partial charge is 0.230 e. The third-order valence-electron chi connectivity index (χ3n) is 4.46. The number of hydrogen-bond donors (Lipinski definition) is 1. The molecule has 1 aromatic heterocycles. The van der Waals surface area contributed by atoms with E-state index >= 15 is 0 Å². The van der Waals surface area contributed by atoms with Gasteiger partial charge in [-0.3, -0.25) is 14.3 Å². The molecule has 1 aromatic carbocycles. The number of carbonyl (C=O) groups excluding carboxylic acids is 1. The molecule has 0 saturated carbocycles. The van der Waals surface area contributed by atoms with Crippen LogP contribution in [0.5, 0.6) is 0 Å². The Balaban J connectivity index is 1.72. The summed E-state index contributed by atoms with van der Waals surface area (Å²) in [5.41, 5.74) is 1.04. The molecule has 2 aromatic rings. The van der Waals surface area contributed by atoms with E-state index in [1.54, 1.807) is 0 Å². The first-order chi connectivity index (χ1) is 12.8. The van der Waals surface area contributed by atoms with Gasteiger partial charge in [-0.2, -0.15) is 0 Å². The van der Waals surface area contributed by atoms with Gasteiger partial charge in [-0.05, 0) is 44.5 Å². The molecule has 1 amide bonds. The molecule has 6 nitrogen and oxygen atoms in total. The van der Waals surface area contributed by atoms with Crippen LogP contribution in [0, 0.1) is 0 Å². The van der Waals surface area contributed by atoms with Crippen LogP contribution >= 0.6 is 11.8 Å². The Morgan fingerprint density at radius 2 is 1.96 bits per heavy atom. The highest BCUT2D eigenvalue weighted by Crippen LogP contribution is 2.23. The van der Waals surface area contributed by atoms with Crippen molar-refractivity contribution in [1.82, 2.24) is 25.0 Å². The van der Waals surface area contributed by atoms with Crippen molar-refractivity contribution in [1.29, 1.82) is 0 Å². The second kappa shape index (κ2) is 9.73. The third-order valence-corrected chi connectivity index (χ3v) is 5.39. The molecule has 2 heterocycles. The van der Waals surface area contributed by atoms with E-state index in [0.29, 0.717) is 5.75 Å². The minimum atomic E-state index is 0.0483. The lowest BCUT2D eigenvalue weighted by molar-refractivity contribution is -0.118. The minimum absolute atomic E-state index is 0.0483. The van der Waals surface area contributed by atoms with Crippen LogP contribution in [0.1, 0.15) is 38.4 Å². The van der Waals surface area contributed by atoms with Gasteiger partial charge in [-0.15, -0.1) is 10.2 Å². The molecule has 7 heteroatoms. The fourth-order valence-electron chi connectivity index (χ4n) is 3.06. The molecule has 3 rings (SSSR count). The highest BCUT2D eigenvalue weighted by Gasteiger charge is 2.19. The minimum Gasteiger partial charge on any atom is -0.355 e. The predicted octanol–water partition coefficient (Wildman–Crippen LogP) is 2.87. The van der Waals surface area contributed by atoms with E-state index in [9.17, 15) is 4.79 Å². The molecule has 1 fully saturated rings. The van der Waals surface area contributed by atoms with Crippen LogP contribution in [0.3, 0.4) is 0 Å². The molecule has 1 N–H and O–H groups in total. The normalized spacial score (nSPS) is 14.7. The lowest BCUT2D eigenvalue weighted by atomic mass is 10.3. The van der Waals surface area contributed by atoms with Gasteiger partial charge in [0.25, 0.3) is 0 Å². The van der Waals surface area contributed by atoms with Gasteiger partial charge in [-0.1, -0.05) is 43.3 Å². The quantitative estimate of drug-likeness (QED) is 0.541. The zero-order chi connectivity index (χ0) is 18.2. The van der Waals surface area contributed by atoms with E-state index in [1.807, 2.05) is 18.2 Å². The van der Waals surface area contributed by atoms with Crippen LogP contribution in [0.25, 0.3) is 5.69 Å². The molecule has 0 bridgehead atoms. The molecule has 0 unspecified atom stereocenters. The molecule has 26 heavy (non-hydrogen) atoms. The van der Waals surface area contributed by atoms with Gasteiger partial charge in [-0.25, -0.2) is 0 Å². The summed E-state index contributed by atoms with van der Waals surface area (Å²) in [7, 11) is 0. The Bertz CT molecular complexity index is 697. The van der Waals surface area contributed by atoms with Gasteiger partial charge in [0.1, 0.15) is 0 Å². The number of hydrogen-bond acceptors (Lipinski definition) is 5. The summed E-state index contributed by atoms with van der Waals surface area (Å²) in [5.74, 6) is 1.34. The first-order valence-corrected chi connectivity index (χ1v) is 10.4. The SMILES string of the molecule is CCCCNC(=O)CSc1nnc(CN2CCCC2)n1-c1ccccc1. The van der Waals surface area contributed by atoms with Crippen LogP contribution < -0.4 is 5.32 Å². The van der Waals surface area contributed by atoms with Crippen molar-refractivity contribution in [2.75, 3.05) is 25.4 Å². The molecule has 1 saturated heterocycles. The predicted molar refractivity (Wildman–Crippen MR) is 105 cm³/mol. The average molecular weight is 374 g/mol. The van der Waals surface area contributed by atoms with Crippen LogP contribution in [0.15, 0.2) is 35.5 Å². The number of aromatic nitrogens is 3. The summed E-state index contributed by atoms with van der Waals surface area (Å²) >= 11 is 1.45. The largest absolute Gasteiger partial charge is 0.355 e. The van der Waals surface area contributed by atoms with Crippen molar-refractivity contribution in [3.8, 4) is 5.69 Å². The van der Waals surface area contributed by atoms with Gasteiger partial charge >= 0.3 is 0 Å². The first kappa shape index (κ1) is 18.9. The number of likely N-dealkylation sites (tertiary alicyclic amines) is 1. The molecular formula is C19H27N5OS. The van der Waals surface area contributed by atoms with E-state index in [0.717, 1.165) is 55.7 Å².